The normalized spacial score (nSPS) is 10.7. The van der Waals surface area contributed by atoms with Crippen LogP contribution in [0.15, 0.2) is 0 Å². The second kappa shape index (κ2) is 5.35. The summed E-state index contributed by atoms with van der Waals surface area (Å²) in [5, 5.41) is 4.46. The van der Waals surface area contributed by atoms with E-state index in [9.17, 15) is 0 Å². The van der Waals surface area contributed by atoms with Gasteiger partial charge in [-0.1, -0.05) is 13.3 Å². The molecule has 1 N–H and O–H groups in total. The predicted molar refractivity (Wildman–Crippen MR) is 58.2 cm³/mol. The standard InChI is InChI=1S/C10H18N2S/c1-4-5-6-10-12-8(2)9(13-10)7-11-3/h11H,4-7H2,1-3H3. The summed E-state index contributed by atoms with van der Waals surface area (Å²) in [5.41, 5.74) is 1.20. The Hall–Kier alpha value is -0.410. The Morgan fingerprint density at radius 1 is 1.46 bits per heavy atom. The second-order valence-electron chi connectivity index (χ2n) is 3.25. The fraction of sp³-hybridized carbons (Fsp3) is 0.700. The lowest BCUT2D eigenvalue weighted by Gasteiger charge is -1.93. The fourth-order valence-corrected chi connectivity index (χ4v) is 2.37. The number of unbranched alkanes of at least 4 members (excludes halogenated alkanes) is 1. The van der Waals surface area contributed by atoms with Gasteiger partial charge in [-0.15, -0.1) is 11.3 Å². The van der Waals surface area contributed by atoms with Gasteiger partial charge in [0.25, 0.3) is 0 Å². The van der Waals surface area contributed by atoms with Crippen LogP contribution in [0.25, 0.3) is 0 Å². The second-order valence-corrected chi connectivity index (χ2v) is 4.42. The molecule has 0 fully saturated rings. The number of thiazole rings is 1. The minimum absolute atomic E-state index is 0.954. The summed E-state index contributed by atoms with van der Waals surface area (Å²) in [4.78, 5) is 5.93. The molecular weight excluding hydrogens is 180 g/mol. The summed E-state index contributed by atoms with van der Waals surface area (Å²) in [6.07, 6.45) is 3.65. The van der Waals surface area contributed by atoms with E-state index in [4.69, 9.17) is 0 Å². The van der Waals surface area contributed by atoms with Gasteiger partial charge in [-0.3, -0.25) is 0 Å². The van der Waals surface area contributed by atoms with Gasteiger partial charge in [0.15, 0.2) is 0 Å². The number of hydrogen-bond acceptors (Lipinski definition) is 3. The number of hydrogen-bond donors (Lipinski definition) is 1. The highest BCUT2D eigenvalue weighted by molar-refractivity contribution is 7.11. The number of aryl methyl sites for hydroxylation is 2. The Morgan fingerprint density at radius 3 is 2.85 bits per heavy atom. The van der Waals surface area contributed by atoms with Crippen LogP contribution in [0.5, 0.6) is 0 Å². The van der Waals surface area contributed by atoms with Crippen LogP contribution in [0.4, 0.5) is 0 Å². The molecule has 3 heteroatoms. The average Bonchev–Trinajstić information content (AvgIpc) is 2.45. The van der Waals surface area contributed by atoms with E-state index in [1.165, 1.54) is 28.4 Å². The molecule has 0 radical (unpaired) electrons. The number of nitrogens with zero attached hydrogens (tertiary/aromatic N) is 1. The molecule has 74 valence electrons. The van der Waals surface area contributed by atoms with E-state index in [1.54, 1.807) is 0 Å². The van der Waals surface area contributed by atoms with Crippen molar-refractivity contribution in [1.82, 2.24) is 10.3 Å². The summed E-state index contributed by atoms with van der Waals surface area (Å²) in [6, 6.07) is 0. The van der Waals surface area contributed by atoms with Gasteiger partial charge in [0, 0.05) is 11.4 Å². The Bertz CT molecular complexity index is 255. The van der Waals surface area contributed by atoms with Crippen LogP contribution in [0, 0.1) is 6.92 Å². The molecule has 1 aromatic heterocycles. The zero-order valence-electron chi connectivity index (χ0n) is 8.68. The van der Waals surface area contributed by atoms with Gasteiger partial charge in [0.1, 0.15) is 0 Å². The van der Waals surface area contributed by atoms with E-state index in [0.29, 0.717) is 0 Å². The van der Waals surface area contributed by atoms with E-state index in [2.05, 4.69) is 24.1 Å². The number of nitrogens with one attached hydrogen (secondary N) is 1. The largest absolute Gasteiger partial charge is 0.315 e. The Kier molecular flexibility index (Phi) is 4.39. The van der Waals surface area contributed by atoms with Crippen molar-refractivity contribution in [2.75, 3.05) is 7.05 Å². The molecule has 0 amide bonds. The molecule has 0 spiro atoms. The molecule has 1 rings (SSSR count). The third-order valence-electron chi connectivity index (χ3n) is 2.02. The van der Waals surface area contributed by atoms with E-state index < -0.39 is 0 Å². The molecule has 2 nitrogen and oxygen atoms in total. The Labute approximate surface area is 84.4 Å². The van der Waals surface area contributed by atoms with Gasteiger partial charge in [-0.25, -0.2) is 4.98 Å². The van der Waals surface area contributed by atoms with Crippen LogP contribution in [-0.2, 0) is 13.0 Å². The molecule has 0 atom stereocenters. The van der Waals surface area contributed by atoms with Crippen molar-refractivity contribution in [3.63, 3.8) is 0 Å². The molecule has 1 aromatic rings. The SMILES string of the molecule is CCCCc1nc(C)c(CNC)s1. The summed E-state index contributed by atoms with van der Waals surface area (Å²) >= 11 is 1.85. The Morgan fingerprint density at radius 2 is 2.23 bits per heavy atom. The topological polar surface area (TPSA) is 24.9 Å². The summed E-state index contributed by atoms with van der Waals surface area (Å²) in [5.74, 6) is 0. The van der Waals surface area contributed by atoms with E-state index in [0.717, 1.165) is 13.0 Å². The lowest BCUT2D eigenvalue weighted by Crippen LogP contribution is -2.04. The molecule has 1 heterocycles. The maximum Gasteiger partial charge on any atom is 0.0931 e. The molecule has 0 unspecified atom stereocenters. The molecule has 0 aliphatic carbocycles. The first-order valence-electron chi connectivity index (χ1n) is 4.87. The van der Waals surface area contributed by atoms with Crippen molar-refractivity contribution in [3.05, 3.63) is 15.6 Å². The van der Waals surface area contributed by atoms with Crippen LogP contribution in [-0.4, -0.2) is 12.0 Å². The third-order valence-corrected chi connectivity index (χ3v) is 3.24. The fourth-order valence-electron chi connectivity index (χ4n) is 1.25. The summed E-state index contributed by atoms with van der Waals surface area (Å²) in [6.45, 7) is 5.27. The minimum atomic E-state index is 0.954. The lowest BCUT2D eigenvalue weighted by molar-refractivity contribution is 0.786. The van der Waals surface area contributed by atoms with Crippen LogP contribution in [0.1, 0.15) is 35.3 Å². The highest BCUT2D eigenvalue weighted by atomic mass is 32.1. The van der Waals surface area contributed by atoms with Gasteiger partial charge < -0.3 is 5.32 Å². The molecule has 0 saturated carbocycles. The van der Waals surface area contributed by atoms with Gasteiger partial charge in [-0.05, 0) is 26.8 Å². The Balaban J connectivity index is 2.59. The average molecular weight is 198 g/mol. The van der Waals surface area contributed by atoms with Crippen molar-refractivity contribution < 1.29 is 0 Å². The van der Waals surface area contributed by atoms with Crippen molar-refractivity contribution in [2.24, 2.45) is 0 Å². The molecule has 0 aromatic carbocycles. The molecule has 0 aliphatic heterocycles. The first-order chi connectivity index (χ1) is 6.27. The van der Waals surface area contributed by atoms with Crippen molar-refractivity contribution >= 4 is 11.3 Å². The summed E-state index contributed by atoms with van der Waals surface area (Å²) < 4.78 is 0. The molecule has 0 saturated heterocycles. The van der Waals surface area contributed by atoms with Gasteiger partial charge in [0.05, 0.1) is 10.7 Å². The van der Waals surface area contributed by atoms with Crippen molar-refractivity contribution in [1.29, 1.82) is 0 Å². The van der Waals surface area contributed by atoms with Crippen molar-refractivity contribution in [3.8, 4) is 0 Å². The molecular formula is C10H18N2S. The predicted octanol–water partition coefficient (Wildman–Crippen LogP) is 2.51. The van der Waals surface area contributed by atoms with Crippen molar-refractivity contribution in [2.45, 2.75) is 39.7 Å². The number of aromatic nitrogens is 1. The molecule has 13 heavy (non-hydrogen) atoms. The lowest BCUT2D eigenvalue weighted by atomic mass is 10.3. The van der Waals surface area contributed by atoms with E-state index in [-0.39, 0.29) is 0 Å². The van der Waals surface area contributed by atoms with Crippen LogP contribution in [0.2, 0.25) is 0 Å². The monoisotopic (exact) mass is 198 g/mol. The van der Waals surface area contributed by atoms with Gasteiger partial charge in [0.2, 0.25) is 0 Å². The van der Waals surface area contributed by atoms with Gasteiger partial charge >= 0.3 is 0 Å². The number of rotatable bonds is 5. The zero-order valence-corrected chi connectivity index (χ0v) is 9.50. The molecule has 0 bridgehead atoms. The maximum atomic E-state index is 4.55. The van der Waals surface area contributed by atoms with Crippen LogP contribution in [0.3, 0.4) is 0 Å². The van der Waals surface area contributed by atoms with Gasteiger partial charge in [-0.2, -0.15) is 0 Å². The smallest absolute Gasteiger partial charge is 0.0931 e. The van der Waals surface area contributed by atoms with Crippen LogP contribution < -0.4 is 5.32 Å². The highest BCUT2D eigenvalue weighted by Gasteiger charge is 2.05. The minimum Gasteiger partial charge on any atom is -0.315 e. The van der Waals surface area contributed by atoms with E-state index in [1.807, 2.05) is 18.4 Å². The van der Waals surface area contributed by atoms with E-state index >= 15 is 0 Å². The maximum absolute atomic E-state index is 4.55. The third kappa shape index (κ3) is 3.08. The molecule has 0 aliphatic rings. The first-order valence-corrected chi connectivity index (χ1v) is 5.69. The zero-order chi connectivity index (χ0) is 9.68. The van der Waals surface area contributed by atoms with Crippen LogP contribution >= 0.6 is 11.3 Å². The highest BCUT2D eigenvalue weighted by Crippen LogP contribution is 2.19. The summed E-state index contributed by atoms with van der Waals surface area (Å²) in [7, 11) is 1.98. The quantitative estimate of drug-likeness (QED) is 0.786. The first kappa shape index (κ1) is 10.7.